The Labute approximate surface area is 174 Å². The summed E-state index contributed by atoms with van der Waals surface area (Å²) in [4.78, 5) is 60.9. The highest BCUT2D eigenvalue weighted by Gasteiger charge is 2.39. The number of carboxylic acids is 1. The SMILES string of the molecule is CC(C)C(NC(=O)C(CO)NC(=O)C(N)CCC(N)=O)C(=O)N1CCCC1C(=O)O. The summed E-state index contributed by atoms with van der Waals surface area (Å²) >= 11 is 0. The molecule has 1 aliphatic rings. The van der Waals surface area contributed by atoms with Gasteiger partial charge in [-0.3, -0.25) is 19.2 Å². The molecule has 0 aromatic carbocycles. The summed E-state index contributed by atoms with van der Waals surface area (Å²) in [6, 6.07) is -4.47. The Morgan fingerprint density at radius 3 is 2.27 bits per heavy atom. The first-order valence-corrected chi connectivity index (χ1v) is 9.78. The van der Waals surface area contributed by atoms with E-state index < -0.39 is 60.4 Å². The van der Waals surface area contributed by atoms with Crippen molar-refractivity contribution in [1.29, 1.82) is 0 Å². The van der Waals surface area contributed by atoms with E-state index in [2.05, 4.69) is 10.6 Å². The summed E-state index contributed by atoms with van der Waals surface area (Å²) in [5.74, 6) is -4.22. The minimum atomic E-state index is -1.37. The Balaban J connectivity index is 2.80. The smallest absolute Gasteiger partial charge is 0.326 e. The number of nitrogens with one attached hydrogen (secondary N) is 2. The van der Waals surface area contributed by atoms with Crippen LogP contribution in [0.4, 0.5) is 0 Å². The first-order valence-electron chi connectivity index (χ1n) is 9.78. The first-order chi connectivity index (χ1) is 14.0. The molecule has 1 aliphatic heterocycles. The number of primary amides is 1. The van der Waals surface area contributed by atoms with Crippen molar-refractivity contribution in [2.45, 2.75) is 63.7 Å². The lowest BCUT2D eigenvalue weighted by Crippen LogP contribution is -2.59. The number of likely N-dealkylation sites (tertiary alicyclic amines) is 1. The summed E-state index contributed by atoms with van der Waals surface area (Å²) < 4.78 is 0. The number of nitrogens with zero attached hydrogens (tertiary/aromatic N) is 1. The normalized spacial score (nSPS) is 19.1. The van der Waals surface area contributed by atoms with Gasteiger partial charge in [0.1, 0.15) is 18.1 Å². The number of hydrogen-bond donors (Lipinski definition) is 6. The maximum Gasteiger partial charge on any atom is 0.326 e. The number of hydrogen-bond acceptors (Lipinski definition) is 7. The van der Waals surface area contributed by atoms with Gasteiger partial charge in [0, 0.05) is 13.0 Å². The van der Waals surface area contributed by atoms with E-state index in [0.29, 0.717) is 12.8 Å². The lowest BCUT2D eigenvalue weighted by Gasteiger charge is -2.30. The second kappa shape index (κ2) is 11.5. The van der Waals surface area contributed by atoms with Crippen molar-refractivity contribution in [3.8, 4) is 0 Å². The Morgan fingerprint density at radius 1 is 1.13 bits per heavy atom. The van der Waals surface area contributed by atoms with Crippen LogP contribution in [0.5, 0.6) is 0 Å². The second-order valence-electron chi connectivity index (χ2n) is 7.61. The van der Waals surface area contributed by atoms with Crippen LogP contribution in [-0.2, 0) is 24.0 Å². The van der Waals surface area contributed by atoms with Crippen LogP contribution in [0.15, 0.2) is 0 Å². The number of nitrogens with two attached hydrogens (primary N) is 2. The van der Waals surface area contributed by atoms with Crippen molar-refractivity contribution in [3.63, 3.8) is 0 Å². The fourth-order valence-electron chi connectivity index (χ4n) is 3.14. The van der Waals surface area contributed by atoms with Crippen LogP contribution >= 0.6 is 0 Å². The molecule has 8 N–H and O–H groups in total. The van der Waals surface area contributed by atoms with Crippen LogP contribution in [0.3, 0.4) is 0 Å². The maximum atomic E-state index is 12.9. The molecule has 0 aliphatic carbocycles. The molecule has 30 heavy (non-hydrogen) atoms. The van der Waals surface area contributed by atoms with E-state index in [1.54, 1.807) is 13.8 Å². The van der Waals surface area contributed by atoms with Crippen molar-refractivity contribution in [2.24, 2.45) is 17.4 Å². The highest BCUT2D eigenvalue weighted by atomic mass is 16.4. The van der Waals surface area contributed by atoms with Crippen LogP contribution in [0.2, 0.25) is 0 Å². The standard InChI is InChI=1S/C18H31N5O7/c1-9(2)14(17(28)23-7-3-4-12(23)18(29)30)22-16(27)11(8-24)21-15(26)10(19)5-6-13(20)25/h9-12,14,24H,3-8,19H2,1-2H3,(H2,20,25)(H,21,26)(H,22,27)(H,29,30). The molecule has 0 bridgehead atoms. The molecule has 1 saturated heterocycles. The van der Waals surface area contributed by atoms with Gasteiger partial charge in [0.05, 0.1) is 12.6 Å². The Morgan fingerprint density at radius 2 is 1.77 bits per heavy atom. The van der Waals surface area contributed by atoms with Crippen molar-refractivity contribution in [3.05, 3.63) is 0 Å². The molecule has 1 rings (SSSR count). The third-order valence-corrected chi connectivity index (χ3v) is 4.91. The van der Waals surface area contributed by atoms with Gasteiger partial charge >= 0.3 is 5.97 Å². The molecule has 12 nitrogen and oxygen atoms in total. The minimum absolute atomic E-state index is 0.0282. The highest BCUT2D eigenvalue weighted by Crippen LogP contribution is 2.20. The van der Waals surface area contributed by atoms with Crippen LogP contribution in [0, 0.1) is 5.92 Å². The van der Waals surface area contributed by atoms with Gasteiger partial charge in [-0.15, -0.1) is 0 Å². The lowest BCUT2D eigenvalue weighted by atomic mass is 10.0. The quantitative estimate of drug-likeness (QED) is 0.203. The summed E-state index contributed by atoms with van der Waals surface area (Å²) in [7, 11) is 0. The summed E-state index contributed by atoms with van der Waals surface area (Å²) in [5.41, 5.74) is 10.6. The maximum absolute atomic E-state index is 12.9. The molecular weight excluding hydrogens is 398 g/mol. The Bertz CT molecular complexity index is 669. The average Bonchev–Trinajstić information content (AvgIpc) is 3.17. The van der Waals surface area contributed by atoms with E-state index >= 15 is 0 Å². The molecule has 4 amide bonds. The summed E-state index contributed by atoms with van der Waals surface area (Å²) in [6.07, 6.45) is 0.729. The van der Waals surface area contributed by atoms with Gasteiger partial charge in [-0.1, -0.05) is 13.8 Å². The van der Waals surface area contributed by atoms with Gasteiger partial charge in [-0.05, 0) is 25.2 Å². The molecule has 0 radical (unpaired) electrons. The van der Waals surface area contributed by atoms with Crippen molar-refractivity contribution < 1.29 is 34.2 Å². The van der Waals surface area contributed by atoms with E-state index in [9.17, 15) is 34.2 Å². The van der Waals surface area contributed by atoms with Crippen molar-refractivity contribution in [1.82, 2.24) is 15.5 Å². The predicted molar refractivity (Wildman–Crippen MR) is 105 cm³/mol. The second-order valence-corrected chi connectivity index (χ2v) is 7.61. The lowest BCUT2D eigenvalue weighted by molar-refractivity contribution is -0.150. The number of carbonyl (C=O) groups is 5. The van der Waals surface area contributed by atoms with Gasteiger partial charge < -0.3 is 37.2 Å². The van der Waals surface area contributed by atoms with Crippen molar-refractivity contribution >= 4 is 29.6 Å². The third-order valence-electron chi connectivity index (χ3n) is 4.91. The van der Waals surface area contributed by atoms with E-state index in [0.717, 1.165) is 0 Å². The first kappa shape index (κ1) is 25.3. The minimum Gasteiger partial charge on any atom is -0.480 e. The zero-order valence-corrected chi connectivity index (χ0v) is 17.2. The monoisotopic (exact) mass is 429 g/mol. The summed E-state index contributed by atoms with van der Waals surface area (Å²) in [6.45, 7) is 2.88. The molecule has 170 valence electrons. The van der Waals surface area contributed by atoms with E-state index in [4.69, 9.17) is 11.5 Å². The fraction of sp³-hybridized carbons (Fsp3) is 0.722. The average molecular weight is 429 g/mol. The molecular formula is C18H31N5O7. The molecule has 0 aromatic heterocycles. The predicted octanol–water partition coefficient (Wildman–Crippen LogP) is -2.73. The summed E-state index contributed by atoms with van der Waals surface area (Å²) in [5, 5.41) is 23.5. The van der Waals surface area contributed by atoms with E-state index in [-0.39, 0.29) is 25.3 Å². The number of amides is 4. The topological polar surface area (TPSA) is 205 Å². The molecule has 1 fully saturated rings. The zero-order valence-electron chi connectivity index (χ0n) is 17.2. The Kier molecular flexibility index (Phi) is 9.66. The number of aliphatic hydroxyl groups excluding tert-OH is 1. The fourth-order valence-corrected chi connectivity index (χ4v) is 3.14. The number of carboxylic acid groups (broad SMARTS) is 1. The van der Waals surface area contributed by atoms with Crippen molar-refractivity contribution in [2.75, 3.05) is 13.2 Å². The molecule has 4 atom stereocenters. The number of aliphatic hydroxyl groups is 1. The van der Waals surface area contributed by atoms with Crippen LogP contribution < -0.4 is 22.1 Å². The van der Waals surface area contributed by atoms with Gasteiger partial charge in [0.15, 0.2) is 0 Å². The van der Waals surface area contributed by atoms with E-state index in [1.807, 2.05) is 0 Å². The zero-order chi connectivity index (χ0) is 23.0. The molecule has 4 unspecified atom stereocenters. The third kappa shape index (κ3) is 6.95. The number of carbonyl (C=O) groups excluding carboxylic acids is 4. The van der Waals surface area contributed by atoms with Crippen LogP contribution in [-0.4, -0.2) is 82.0 Å². The van der Waals surface area contributed by atoms with Gasteiger partial charge in [0.2, 0.25) is 23.6 Å². The molecule has 0 spiro atoms. The largest absolute Gasteiger partial charge is 0.480 e. The number of aliphatic carboxylic acids is 1. The van der Waals surface area contributed by atoms with Crippen LogP contribution in [0.25, 0.3) is 0 Å². The van der Waals surface area contributed by atoms with Gasteiger partial charge in [-0.25, -0.2) is 4.79 Å². The number of rotatable bonds is 11. The molecule has 1 heterocycles. The molecule has 0 aromatic rings. The van der Waals surface area contributed by atoms with E-state index in [1.165, 1.54) is 4.90 Å². The Hall–Kier alpha value is -2.73. The van der Waals surface area contributed by atoms with Gasteiger partial charge in [-0.2, -0.15) is 0 Å². The van der Waals surface area contributed by atoms with Crippen LogP contribution in [0.1, 0.15) is 39.5 Å². The highest BCUT2D eigenvalue weighted by molar-refractivity contribution is 5.94. The van der Waals surface area contributed by atoms with Gasteiger partial charge in [0.25, 0.3) is 0 Å². The molecule has 12 heteroatoms. The molecule has 0 saturated carbocycles.